The van der Waals surface area contributed by atoms with Crippen LogP contribution in [0.1, 0.15) is 44.5 Å². The van der Waals surface area contributed by atoms with Gasteiger partial charge in [-0.25, -0.2) is 0 Å². The Hall–Kier alpha value is -9.44. The molecule has 3 heteroatoms. The minimum atomic E-state index is -0.712. The molecule has 3 nitrogen and oxygen atoms in total. The van der Waals surface area contributed by atoms with Crippen LogP contribution in [0.4, 0.5) is 17.1 Å². The minimum Gasteiger partial charge on any atom is -0.456 e. The lowest BCUT2D eigenvalue weighted by Gasteiger charge is -2.40. The van der Waals surface area contributed by atoms with E-state index in [-0.39, 0.29) is 0 Å². The van der Waals surface area contributed by atoms with Gasteiger partial charge in [0.05, 0.1) is 10.8 Å². The van der Waals surface area contributed by atoms with Crippen LogP contribution >= 0.6 is 0 Å². The van der Waals surface area contributed by atoms with E-state index in [2.05, 4.69) is 248 Å². The fourth-order valence-corrected chi connectivity index (χ4v) is 14.1. The molecule has 0 radical (unpaired) electrons. The van der Waals surface area contributed by atoms with Crippen molar-refractivity contribution in [1.29, 1.82) is 0 Å². The molecule has 1 aliphatic heterocycles. The highest BCUT2D eigenvalue weighted by Crippen LogP contribution is 2.66. The molecule has 73 heavy (non-hydrogen) atoms. The maximum absolute atomic E-state index is 7.35. The Kier molecular flexibility index (Phi) is 7.60. The van der Waals surface area contributed by atoms with Gasteiger partial charge in [0.15, 0.2) is 0 Å². The Balaban J connectivity index is 0.970. The van der Waals surface area contributed by atoms with Gasteiger partial charge < -0.3 is 14.1 Å². The highest BCUT2D eigenvalue weighted by atomic mass is 16.5. The second kappa shape index (κ2) is 14.1. The van der Waals surface area contributed by atoms with Crippen molar-refractivity contribution in [2.75, 3.05) is 4.90 Å². The summed E-state index contributed by atoms with van der Waals surface area (Å²) in [6.07, 6.45) is 0. The zero-order valence-corrected chi connectivity index (χ0v) is 39.4. The minimum absolute atomic E-state index is 0.504. The van der Waals surface area contributed by atoms with Gasteiger partial charge in [0.2, 0.25) is 0 Å². The van der Waals surface area contributed by atoms with Gasteiger partial charge in [-0.2, -0.15) is 0 Å². The van der Waals surface area contributed by atoms with E-state index in [1.165, 1.54) is 66.8 Å². The van der Waals surface area contributed by atoms with Gasteiger partial charge in [-0.15, -0.1) is 0 Å². The fraction of sp³-hybridized carbons (Fsp3) is 0.0286. The Morgan fingerprint density at radius 3 is 1.16 bits per heavy atom. The molecule has 1 aromatic heterocycles. The lowest BCUT2D eigenvalue weighted by atomic mass is 9.65. The zero-order chi connectivity index (χ0) is 47.6. The summed E-state index contributed by atoms with van der Waals surface area (Å²) in [5.74, 6) is 1.81. The largest absolute Gasteiger partial charge is 0.456 e. The van der Waals surface area contributed by atoms with E-state index in [4.69, 9.17) is 9.15 Å². The molecule has 2 heterocycles. The number of rotatable bonds is 3. The van der Waals surface area contributed by atoms with Crippen LogP contribution in [0, 0.1) is 0 Å². The normalized spacial score (nSPS) is 14.4. The molecule has 0 saturated heterocycles. The van der Waals surface area contributed by atoms with Crippen molar-refractivity contribution >= 4 is 60.5 Å². The Morgan fingerprint density at radius 1 is 0.260 bits per heavy atom. The van der Waals surface area contributed by atoms with E-state index >= 15 is 0 Å². The van der Waals surface area contributed by atoms with E-state index in [9.17, 15) is 0 Å². The first-order valence-electron chi connectivity index (χ1n) is 25.3. The van der Waals surface area contributed by atoms with Crippen molar-refractivity contribution in [3.63, 3.8) is 0 Å². The summed E-state index contributed by atoms with van der Waals surface area (Å²) in [6, 6.07) is 92.3. The number of hydrogen-bond donors (Lipinski definition) is 0. The number of anilines is 3. The number of nitrogens with zero attached hydrogens (tertiary/aromatic N) is 1. The lowest BCUT2D eigenvalue weighted by molar-refractivity contribution is 0.447. The average molecular weight is 928 g/mol. The standard InChI is InChI=1S/C70H41NO2/c1-3-17-47-42(15-1)29-36-61-67(47)73-68-48-18-4-2-16-43(48)30-37-62(68)70(61)60-27-13-8-22-52(60)54-35-32-46(41-64(54)70)71(44-33-38-66-56(39-44)55-23-9-14-28-65(55)72-66)45-31-34-53-51-21-7-12-26-59(51)69(63(53)40-45)57-24-10-5-19-49(57)50-20-6-11-25-58(50)69/h1-41H. The van der Waals surface area contributed by atoms with Gasteiger partial charge in [0.1, 0.15) is 22.7 Å². The molecule has 0 bridgehead atoms. The average Bonchev–Trinajstić information content (AvgIpc) is 4.21. The molecule has 0 N–H and O–H groups in total. The van der Waals surface area contributed by atoms with E-state index in [1.54, 1.807) is 0 Å². The molecule has 0 fully saturated rings. The molecule has 2 spiro atoms. The van der Waals surface area contributed by atoms with Crippen molar-refractivity contribution in [3.05, 3.63) is 293 Å². The first-order chi connectivity index (χ1) is 36.2. The highest BCUT2D eigenvalue weighted by molar-refractivity contribution is 6.07. The lowest BCUT2D eigenvalue weighted by Crippen LogP contribution is -2.32. The molecular formula is C70H41NO2. The van der Waals surface area contributed by atoms with Gasteiger partial charge in [0, 0.05) is 49.7 Å². The maximum atomic E-state index is 7.35. The van der Waals surface area contributed by atoms with Crippen LogP contribution in [0.2, 0.25) is 0 Å². The monoisotopic (exact) mass is 927 g/mol. The van der Waals surface area contributed by atoms with Crippen LogP contribution in [-0.4, -0.2) is 0 Å². The molecule has 3 aliphatic carbocycles. The molecule has 17 rings (SSSR count). The predicted molar refractivity (Wildman–Crippen MR) is 297 cm³/mol. The smallest absolute Gasteiger partial charge is 0.140 e. The highest BCUT2D eigenvalue weighted by Gasteiger charge is 2.54. The third-order valence-corrected chi connectivity index (χ3v) is 16.9. The topological polar surface area (TPSA) is 25.6 Å². The van der Waals surface area contributed by atoms with Gasteiger partial charge >= 0.3 is 0 Å². The van der Waals surface area contributed by atoms with Crippen LogP contribution in [0.25, 0.3) is 76.9 Å². The van der Waals surface area contributed by atoms with Crippen LogP contribution < -0.4 is 9.64 Å². The molecule has 0 unspecified atom stereocenters. The van der Waals surface area contributed by atoms with Gasteiger partial charge in [-0.05, 0) is 126 Å². The van der Waals surface area contributed by atoms with Crippen molar-refractivity contribution in [2.24, 2.45) is 0 Å². The summed E-state index contributed by atoms with van der Waals surface area (Å²) in [7, 11) is 0. The van der Waals surface area contributed by atoms with Crippen molar-refractivity contribution in [2.45, 2.75) is 10.8 Å². The van der Waals surface area contributed by atoms with Crippen LogP contribution in [0.15, 0.2) is 253 Å². The molecule has 4 aliphatic rings. The molecule has 0 atom stereocenters. The number of benzene rings is 12. The summed E-state index contributed by atoms with van der Waals surface area (Å²) >= 11 is 0. The van der Waals surface area contributed by atoms with Crippen LogP contribution in [0.3, 0.4) is 0 Å². The van der Waals surface area contributed by atoms with E-state index in [0.717, 1.165) is 83.2 Å². The van der Waals surface area contributed by atoms with Gasteiger partial charge in [0.25, 0.3) is 0 Å². The summed E-state index contributed by atoms with van der Waals surface area (Å²) in [4.78, 5) is 2.49. The summed E-state index contributed by atoms with van der Waals surface area (Å²) in [5, 5.41) is 6.68. The SMILES string of the molecule is c1ccc2c(c1)-c1ccccc1C21c2ccccc2-c2ccc(N(c3ccc4c(c3)C3(c5ccccc5-4)c4ccc5ccccc5c4Oc4c3ccc3ccccc43)c3ccc4oc5ccccc5c4c3)cc21. The van der Waals surface area contributed by atoms with Crippen molar-refractivity contribution in [1.82, 2.24) is 0 Å². The first-order valence-corrected chi connectivity index (χ1v) is 25.3. The predicted octanol–water partition coefficient (Wildman–Crippen LogP) is 18.2. The number of furan rings is 1. The van der Waals surface area contributed by atoms with Gasteiger partial charge in [-0.3, -0.25) is 0 Å². The fourth-order valence-electron chi connectivity index (χ4n) is 14.1. The second-order valence-corrected chi connectivity index (χ2v) is 20.2. The second-order valence-electron chi connectivity index (χ2n) is 20.2. The Labute approximate surface area is 421 Å². The van der Waals surface area contributed by atoms with E-state index in [0.29, 0.717) is 0 Å². The molecule has 338 valence electrons. The number of para-hydroxylation sites is 1. The Morgan fingerprint density at radius 2 is 0.644 bits per heavy atom. The van der Waals surface area contributed by atoms with Gasteiger partial charge in [-0.1, -0.05) is 200 Å². The number of ether oxygens (including phenoxy) is 1. The summed E-state index contributed by atoms with van der Waals surface area (Å²) < 4.78 is 13.8. The Bertz CT molecular complexity index is 4430. The summed E-state index contributed by atoms with van der Waals surface area (Å²) in [5.41, 5.74) is 21.3. The molecule has 12 aromatic carbocycles. The van der Waals surface area contributed by atoms with E-state index < -0.39 is 10.8 Å². The third kappa shape index (κ3) is 4.89. The number of hydrogen-bond acceptors (Lipinski definition) is 3. The zero-order valence-electron chi connectivity index (χ0n) is 39.4. The van der Waals surface area contributed by atoms with Crippen LogP contribution in [0.5, 0.6) is 11.5 Å². The molecule has 0 saturated carbocycles. The van der Waals surface area contributed by atoms with E-state index in [1.807, 2.05) is 6.07 Å². The molecule has 13 aromatic rings. The van der Waals surface area contributed by atoms with Crippen molar-refractivity contribution in [3.8, 4) is 44.9 Å². The van der Waals surface area contributed by atoms with Crippen molar-refractivity contribution < 1.29 is 9.15 Å². The molecule has 0 amide bonds. The molecular weight excluding hydrogens is 887 g/mol. The first kappa shape index (κ1) is 39.3. The summed E-state index contributed by atoms with van der Waals surface area (Å²) in [6.45, 7) is 0. The third-order valence-electron chi connectivity index (χ3n) is 16.9. The quantitative estimate of drug-likeness (QED) is 0.177. The maximum Gasteiger partial charge on any atom is 0.140 e. The number of fused-ring (bicyclic) bond motifs is 26. The van der Waals surface area contributed by atoms with Crippen LogP contribution in [-0.2, 0) is 10.8 Å².